The van der Waals surface area contributed by atoms with E-state index >= 15 is 0 Å². The molecule has 1 unspecified atom stereocenters. The molecule has 0 aliphatic heterocycles. The molecule has 0 amide bonds. The predicted octanol–water partition coefficient (Wildman–Crippen LogP) is 12.6. The Kier molecular flexibility index (Phi) is 14.2. The maximum atomic E-state index is 5.22. The maximum Gasteiger partial charge on any atom is -0.0168 e. The van der Waals surface area contributed by atoms with Crippen molar-refractivity contribution in [1.82, 2.24) is 0 Å². The molecular weight excluding hydrogens is 571 g/mol. The van der Waals surface area contributed by atoms with E-state index in [9.17, 15) is 0 Å². The SMILES string of the molecule is C=C/C=C(\C=C/C)CCC(CC1=CC(CCc2ccccc2)=C(P(=C)(CCc2ccccc2)CCc2ccccc2)CC1)C(=C)C. The van der Waals surface area contributed by atoms with Gasteiger partial charge in [-0.3, -0.25) is 0 Å². The first-order valence-corrected chi connectivity index (χ1v) is 19.6. The highest BCUT2D eigenvalue weighted by atomic mass is 31.2. The number of hydrogen-bond acceptors (Lipinski definition) is 0. The van der Waals surface area contributed by atoms with Gasteiger partial charge in [-0.2, -0.15) is 0 Å². The lowest BCUT2D eigenvalue weighted by Crippen LogP contribution is -2.11. The van der Waals surface area contributed by atoms with Gasteiger partial charge in [0.2, 0.25) is 0 Å². The number of benzene rings is 3. The largest absolute Gasteiger partial charge is 0.0998 e. The first-order valence-electron chi connectivity index (χ1n) is 17.2. The molecule has 0 saturated carbocycles. The van der Waals surface area contributed by atoms with Crippen molar-refractivity contribution in [3.63, 3.8) is 0 Å². The summed E-state index contributed by atoms with van der Waals surface area (Å²) in [6.45, 7) is 11.1. The Hall–Kier alpha value is -3.60. The van der Waals surface area contributed by atoms with E-state index < -0.39 is 6.89 Å². The Bertz CT molecular complexity index is 1520. The Labute approximate surface area is 281 Å². The van der Waals surface area contributed by atoms with Gasteiger partial charge in [-0.05, 0) is 123 Å². The van der Waals surface area contributed by atoms with E-state index in [0.29, 0.717) is 5.92 Å². The highest BCUT2D eigenvalue weighted by molar-refractivity contribution is 7.77. The lowest BCUT2D eigenvalue weighted by atomic mass is 9.84. The van der Waals surface area contributed by atoms with Crippen LogP contribution in [0, 0.1) is 5.92 Å². The highest BCUT2D eigenvalue weighted by Gasteiger charge is 2.26. The van der Waals surface area contributed by atoms with Gasteiger partial charge in [0.15, 0.2) is 0 Å². The van der Waals surface area contributed by atoms with Gasteiger partial charge < -0.3 is 0 Å². The van der Waals surface area contributed by atoms with E-state index in [0.717, 1.165) is 57.8 Å². The van der Waals surface area contributed by atoms with Gasteiger partial charge in [-0.15, -0.1) is 0 Å². The molecule has 1 atom stereocenters. The van der Waals surface area contributed by atoms with Crippen LogP contribution in [-0.2, 0) is 19.3 Å². The molecular formula is C45H55P. The van der Waals surface area contributed by atoms with Crippen LogP contribution >= 0.6 is 6.89 Å². The van der Waals surface area contributed by atoms with Crippen molar-refractivity contribution >= 4 is 13.2 Å². The third kappa shape index (κ3) is 11.0. The molecule has 4 rings (SSSR count). The quantitative estimate of drug-likeness (QED) is 0.0748. The number of hydrogen-bond donors (Lipinski definition) is 0. The fourth-order valence-corrected chi connectivity index (χ4v) is 10.3. The molecule has 1 aliphatic carbocycles. The van der Waals surface area contributed by atoms with Gasteiger partial charge in [0.05, 0.1) is 0 Å². The van der Waals surface area contributed by atoms with Crippen LogP contribution < -0.4 is 0 Å². The Morgan fingerprint density at radius 3 is 1.83 bits per heavy atom. The van der Waals surface area contributed by atoms with E-state index in [4.69, 9.17) is 6.30 Å². The molecule has 0 spiro atoms. The van der Waals surface area contributed by atoms with Crippen LogP contribution in [0.1, 0.15) is 69.1 Å². The van der Waals surface area contributed by atoms with Crippen molar-refractivity contribution in [2.75, 3.05) is 12.3 Å². The molecule has 0 bridgehead atoms. The maximum absolute atomic E-state index is 5.22. The first-order chi connectivity index (χ1) is 22.4. The second kappa shape index (κ2) is 18.5. The fourth-order valence-electron chi connectivity index (χ4n) is 6.81. The Morgan fingerprint density at radius 2 is 1.33 bits per heavy atom. The third-order valence-electron chi connectivity index (χ3n) is 9.57. The van der Waals surface area contributed by atoms with Crippen molar-refractivity contribution in [1.29, 1.82) is 0 Å². The van der Waals surface area contributed by atoms with E-state index in [1.54, 1.807) is 16.5 Å². The minimum atomic E-state index is -1.63. The Balaban J connectivity index is 1.65. The molecule has 0 heterocycles. The van der Waals surface area contributed by atoms with Crippen molar-refractivity contribution in [3.8, 4) is 0 Å². The van der Waals surface area contributed by atoms with Crippen LogP contribution in [0.4, 0.5) is 0 Å². The third-order valence-corrected chi connectivity index (χ3v) is 13.4. The lowest BCUT2D eigenvalue weighted by Gasteiger charge is -2.34. The summed E-state index contributed by atoms with van der Waals surface area (Å²) in [5.74, 6) is 0.483. The molecule has 46 heavy (non-hydrogen) atoms. The lowest BCUT2D eigenvalue weighted by molar-refractivity contribution is 0.546. The second-order valence-corrected chi connectivity index (χ2v) is 16.8. The van der Waals surface area contributed by atoms with Gasteiger partial charge in [0.1, 0.15) is 0 Å². The summed E-state index contributed by atoms with van der Waals surface area (Å²) in [5.41, 5.74) is 10.1. The van der Waals surface area contributed by atoms with Gasteiger partial charge in [-0.25, -0.2) is 0 Å². The minimum absolute atomic E-state index is 0.483. The number of aryl methyl sites for hydroxylation is 3. The van der Waals surface area contributed by atoms with Crippen LogP contribution in [-0.4, -0.2) is 18.6 Å². The Morgan fingerprint density at radius 1 is 0.783 bits per heavy atom. The summed E-state index contributed by atoms with van der Waals surface area (Å²) >= 11 is 0. The standard InChI is InChI=1S/C45H55P/c1-6-17-38(18-7-2)25-28-43(37(3)4)35-42-27-30-45(44(36-42)29-26-39-19-11-8-12-20-39)46(5,33-31-40-21-13-9-14-22-40)34-32-41-23-15-10-16-24-41/h6-24,36,43H,1,3,5,25-35H2,2,4H3/b18-7-,38-17+. The number of rotatable bonds is 18. The fraction of sp³-hybridized carbons (Fsp3) is 0.311. The van der Waals surface area contributed by atoms with Gasteiger partial charge in [0.25, 0.3) is 0 Å². The van der Waals surface area contributed by atoms with Crippen LogP contribution in [0.3, 0.4) is 0 Å². The monoisotopic (exact) mass is 626 g/mol. The van der Waals surface area contributed by atoms with Gasteiger partial charge in [0, 0.05) is 0 Å². The molecule has 3 aromatic rings. The smallest absolute Gasteiger partial charge is 0.0168 e. The van der Waals surface area contributed by atoms with E-state index in [-0.39, 0.29) is 0 Å². The van der Waals surface area contributed by atoms with Crippen molar-refractivity contribution in [3.05, 3.63) is 179 Å². The molecule has 1 aliphatic rings. The summed E-state index contributed by atoms with van der Waals surface area (Å²) in [6, 6.07) is 33.1. The van der Waals surface area contributed by atoms with Crippen molar-refractivity contribution in [2.45, 2.75) is 71.6 Å². The molecule has 0 radical (unpaired) electrons. The molecule has 0 saturated heterocycles. The summed E-state index contributed by atoms with van der Waals surface area (Å²) in [5, 5.41) is 1.70. The summed E-state index contributed by atoms with van der Waals surface area (Å²) in [6.07, 6.45) is 28.5. The van der Waals surface area contributed by atoms with Crippen LogP contribution in [0.2, 0.25) is 0 Å². The topological polar surface area (TPSA) is 0 Å². The van der Waals surface area contributed by atoms with Crippen molar-refractivity contribution in [2.24, 2.45) is 5.92 Å². The molecule has 1 heteroatoms. The van der Waals surface area contributed by atoms with Crippen LogP contribution in [0.5, 0.6) is 0 Å². The van der Waals surface area contributed by atoms with E-state index in [2.05, 4.69) is 142 Å². The highest BCUT2D eigenvalue weighted by Crippen LogP contribution is 2.59. The first kappa shape index (κ1) is 35.3. The predicted molar refractivity (Wildman–Crippen MR) is 208 cm³/mol. The van der Waals surface area contributed by atoms with Crippen molar-refractivity contribution < 1.29 is 0 Å². The average Bonchev–Trinajstić information content (AvgIpc) is 3.09. The normalized spacial score (nSPS) is 14.7. The second-order valence-electron chi connectivity index (χ2n) is 13.1. The van der Waals surface area contributed by atoms with Gasteiger partial charge >= 0.3 is 0 Å². The average molecular weight is 627 g/mol. The summed E-state index contributed by atoms with van der Waals surface area (Å²) in [7, 11) is 0. The summed E-state index contributed by atoms with van der Waals surface area (Å²) < 4.78 is 0. The minimum Gasteiger partial charge on any atom is -0.0998 e. The van der Waals surface area contributed by atoms with E-state index in [1.807, 2.05) is 6.08 Å². The summed E-state index contributed by atoms with van der Waals surface area (Å²) in [4.78, 5) is 0. The molecule has 0 N–H and O–H groups in total. The van der Waals surface area contributed by atoms with E-state index in [1.165, 1.54) is 40.2 Å². The molecule has 240 valence electrons. The molecule has 3 aromatic carbocycles. The molecule has 0 nitrogen and oxygen atoms in total. The zero-order valence-corrected chi connectivity index (χ0v) is 29.4. The van der Waals surface area contributed by atoms with Gasteiger partial charge in [-0.1, -0.05) is 159 Å². The van der Waals surface area contributed by atoms with Crippen LogP contribution in [0.15, 0.2) is 162 Å². The molecule has 0 aromatic heterocycles. The zero-order valence-electron chi connectivity index (χ0n) is 28.5. The zero-order chi connectivity index (χ0) is 32.6. The number of allylic oxidation sites excluding steroid dienone is 10. The molecule has 0 fully saturated rings. The van der Waals surface area contributed by atoms with Crippen LogP contribution in [0.25, 0.3) is 0 Å².